The first-order valence-corrected chi connectivity index (χ1v) is 25.1. The van der Waals surface area contributed by atoms with Crippen molar-refractivity contribution < 1.29 is 32.7 Å². The zero-order valence-electron chi connectivity index (χ0n) is 42.7. The fourth-order valence-corrected chi connectivity index (χ4v) is 8.85. The van der Waals surface area contributed by atoms with Crippen LogP contribution in [0.25, 0.3) is 78.3 Å². The van der Waals surface area contributed by atoms with Crippen LogP contribution < -0.4 is 16.4 Å². The zero-order chi connectivity index (χ0) is 54.4. The summed E-state index contributed by atoms with van der Waals surface area (Å²) >= 11 is 0. The highest BCUT2D eigenvalue weighted by Crippen LogP contribution is 2.34. The van der Waals surface area contributed by atoms with Gasteiger partial charge in [0.1, 0.15) is 34.0 Å². The van der Waals surface area contributed by atoms with Crippen molar-refractivity contribution in [1.29, 1.82) is 0 Å². The van der Waals surface area contributed by atoms with E-state index in [1.165, 1.54) is 12.3 Å². The maximum Gasteiger partial charge on any atom is 0.337 e. The minimum absolute atomic E-state index is 0.0206. The summed E-state index contributed by atoms with van der Waals surface area (Å²) in [5.74, 6) is 0.392. The quantitative estimate of drug-likeness (QED) is 0.0957. The number of pyridine rings is 2. The van der Waals surface area contributed by atoms with E-state index in [4.69, 9.17) is 19.0 Å². The molecule has 0 atom stereocenters. The van der Waals surface area contributed by atoms with Crippen molar-refractivity contribution in [2.45, 2.75) is 13.8 Å². The summed E-state index contributed by atoms with van der Waals surface area (Å²) in [7, 11) is 0. The van der Waals surface area contributed by atoms with Crippen molar-refractivity contribution in [1.82, 2.24) is 19.1 Å². The summed E-state index contributed by atoms with van der Waals surface area (Å²) in [5.41, 5.74) is 17.1. The molecule has 13 aromatic rings. The molecule has 7 aromatic heterocycles. The Labute approximate surface area is 452 Å². The Morgan fingerprint density at radius 1 is 0.456 bits per heavy atom. The number of carbonyl (C=O) groups is 3. The second-order valence-corrected chi connectivity index (χ2v) is 18.6. The zero-order valence-corrected chi connectivity index (χ0v) is 42.7. The molecule has 2 amide bonds. The average Bonchev–Trinajstić information content (AvgIpc) is 4.41. The number of benzene rings is 6. The number of hydrogen-bond acceptors (Lipinski definition) is 9. The Balaban J connectivity index is 0.000000131. The molecule has 0 aliphatic rings. The van der Waals surface area contributed by atoms with Gasteiger partial charge in [-0.05, 0) is 122 Å². The van der Waals surface area contributed by atoms with Crippen molar-refractivity contribution in [3.05, 3.63) is 259 Å². The van der Waals surface area contributed by atoms with E-state index in [0.717, 1.165) is 89.4 Å². The van der Waals surface area contributed by atoms with Crippen LogP contribution in [0, 0.1) is 13.8 Å². The van der Waals surface area contributed by atoms with Gasteiger partial charge in [0.2, 0.25) is 0 Å². The van der Waals surface area contributed by atoms with E-state index in [9.17, 15) is 19.5 Å². The third kappa shape index (κ3) is 11.2. The van der Waals surface area contributed by atoms with Crippen LogP contribution in [0.1, 0.15) is 42.2 Å². The van der Waals surface area contributed by atoms with Gasteiger partial charge >= 0.3 is 5.97 Å². The molecule has 0 saturated heterocycles. The van der Waals surface area contributed by atoms with E-state index in [1.54, 1.807) is 36.8 Å². The Bertz CT molecular complexity index is 4240. The number of carboxylic acids is 1. The van der Waals surface area contributed by atoms with Crippen LogP contribution in [0.15, 0.2) is 245 Å². The lowest BCUT2D eigenvalue weighted by atomic mass is 10.1. The molecular weight excluding hydrogens is 991 g/mol. The van der Waals surface area contributed by atoms with Crippen LogP contribution in [-0.4, -0.2) is 42.0 Å². The van der Waals surface area contributed by atoms with E-state index in [2.05, 4.69) is 20.6 Å². The SMILES string of the molecule is Cc1ccc(-c2cc3ccccc3o2)cc1N.Cc1ccc(-c2cc3ccccc3o2)cc1NC(=O)c1cncc(-n2cccc2)c1.O=C(Nc1cc(-c2cc3ccccc3o2)ccc1C(=O)O)c1cncc(-n2cccc2)c1. The standard InChI is InChI=1S/C25H17N3O4.C25H19N3O2.C15H13NO/c29-24(18-11-19(15-26-14-18)28-9-3-4-10-28)27-21-12-17(7-8-20(21)25(30)31)23-13-16-5-1-2-6-22(16)32-23;1-17-8-9-19(24-14-18-6-2-3-7-23(18)30-24)13-22(17)27-25(29)20-12-21(16-26-15-20)28-10-4-5-11-28;1-10-6-7-12(8-13(10)16)15-9-11-4-2-3-5-14(11)17-15/h1-15H,(H,27,29)(H,30,31);2-16H,1H3,(H,27,29);2-9H,16H2,1H3. The summed E-state index contributed by atoms with van der Waals surface area (Å²) in [4.78, 5) is 45.9. The lowest BCUT2D eigenvalue weighted by molar-refractivity contribution is 0.0697. The van der Waals surface area contributed by atoms with Gasteiger partial charge in [-0.2, -0.15) is 0 Å². The van der Waals surface area contributed by atoms with Gasteiger partial charge in [-0.25, -0.2) is 4.79 Å². The van der Waals surface area contributed by atoms with E-state index >= 15 is 0 Å². The topological polar surface area (TPSA) is 197 Å². The first-order chi connectivity index (χ1) is 38.5. The molecule has 6 aromatic carbocycles. The van der Waals surface area contributed by atoms with Crippen LogP contribution >= 0.6 is 0 Å². The van der Waals surface area contributed by atoms with Crippen molar-refractivity contribution in [3.8, 4) is 45.3 Å². The Hall–Kier alpha value is -11.0. The number of anilines is 3. The maximum absolute atomic E-state index is 12.9. The molecule has 7 heterocycles. The monoisotopic (exact) mass is 1040 g/mol. The van der Waals surface area contributed by atoms with Gasteiger partial charge in [-0.1, -0.05) is 84.9 Å². The number of nitrogen functional groups attached to an aromatic ring is 1. The molecule has 14 heteroatoms. The molecule has 5 N–H and O–H groups in total. The minimum atomic E-state index is -1.14. The minimum Gasteiger partial charge on any atom is -0.478 e. The van der Waals surface area contributed by atoms with Gasteiger partial charge in [-0.3, -0.25) is 19.6 Å². The Morgan fingerprint density at radius 2 is 0.861 bits per heavy atom. The third-order valence-corrected chi connectivity index (χ3v) is 13.2. The smallest absolute Gasteiger partial charge is 0.337 e. The van der Waals surface area contributed by atoms with Gasteiger partial charge in [-0.15, -0.1) is 0 Å². The highest BCUT2D eigenvalue weighted by molar-refractivity contribution is 6.08. The number of aryl methyl sites for hydroxylation is 2. The normalized spacial score (nSPS) is 10.9. The number of furan rings is 3. The van der Waals surface area contributed by atoms with Crippen molar-refractivity contribution in [2.75, 3.05) is 16.4 Å². The third-order valence-electron chi connectivity index (χ3n) is 13.2. The number of nitrogens with zero attached hydrogens (tertiary/aromatic N) is 4. The average molecular weight is 1040 g/mol. The Kier molecular flexibility index (Phi) is 14.0. The number of aromatic carboxylic acids is 1. The van der Waals surface area contributed by atoms with Crippen molar-refractivity contribution >= 4 is 67.8 Å². The number of hydrogen-bond donors (Lipinski definition) is 4. The fraction of sp³-hybridized carbons (Fsp3) is 0.0308. The molecule has 0 spiro atoms. The molecule has 386 valence electrons. The molecule has 0 saturated carbocycles. The van der Waals surface area contributed by atoms with Gasteiger partial charge < -0.3 is 43.9 Å². The van der Waals surface area contributed by atoms with Gasteiger partial charge in [0.05, 0.1) is 46.1 Å². The molecule has 14 nitrogen and oxygen atoms in total. The number of para-hydroxylation sites is 3. The number of rotatable bonds is 10. The highest BCUT2D eigenvalue weighted by Gasteiger charge is 2.18. The predicted molar refractivity (Wildman–Crippen MR) is 309 cm³/mol. The van der Waals surface area contributed by atoms with Gasteiger partial charge in [0.15, 0.2) is 0 Å². The summed E-state index contributed by atoms with van der Waals surface area (Å²) in [5, 5.41) is 18.4. The number of carbonyl (C=O) groups excluding carboxylic acids is 2. The molecule has 0 bridgehead atoms. The predicted octanol–water partition coefficient (Wildman–Crippen LogP) is 15.1. The van der Waals surface area contributed by atoms with Crippen LogP contribution in [0.5, 0.6) is 0 Å². The van der Waals surface area contributed by atoms with E-state index in [0.29, 0.717) is 22.5 Å². The number of carboxylic acid groups (broad SMARTS) is 1. The molecule has 13 rings (SSSR count). The lowest BCUT2D eigenvalue weighted by Crippen LogP contribution is -2.15. The molecule has 0 aliphatic carbocycles. The number of nitrogens with one attached hydrogen (secondary N) is 2. The number of amides is 2. The lowest BCUT2D eigenvalue weighted by Gasteiger charge is -2.11. The molecule has 0 fully saturated rings. The molecule has 0 radical (unpaired) electrons. The summed E-state index contributed by atoms with van der Waals surface area (Å²) in [6.45, 7) is 3.96. The first kappa shape index (κ1) is 50.2. The summed E-state index contributed by atoms with van der Waals surface area (Å²) in [6, 6.07) is 57.1. The van der Waals surface area contributed by atoms with Gasteiger partial charge in [0.25, 0.3) is 11.8 Å². The Morgan fingerprint density at radius 3 is 1.30 bits per heavy atom. The van der Waals surface area contributed by atoms with Crippen LogP contribution in [0.2, 0.25) is 0 Å². The fourth-order valence-electron chi connectivity index (χ4n) is 8.85. The summed E-state index contributed by atoms with van der Waals surface area (Å²) < 4.78 is 21.4. The molecule has 0 unspecified atom stereocenters. The van der Waals surface area contributed by atoms with Crippen LogP contribution in [0.3, 0.4) is 0 Å². The summed E-state index contributed by atoms with van der Waals surface area (Å²) in [6.07, 6.45) is 13.9. The van der Waals surface area contributed by atoms with Crippen molar-refractivity contribution in [2.24, 2.45) is 0 Å². The number of nitrogens with two attached hydrogens (primary N) is 1. The van der Waals surface area contributed by atoms with Crippen LogP contribution in [0.4, 0.5) is 17.1 Å². The van der Waals surface area contributed by atoms with E-state index in [1.807, 2.05) is 205 Å². The second-order valence-electron chi connectivity index (χ2n) is 18.6. The van der Waals surface area contributed by atoms with E-state index < -0.39 is 11.9 Å². The molecular formula is C65H49N7O7. The number of aromatic nitrogens is 4. The van der Waals surface area contributed by atoms with Gasteiger partial charge in [0, 0.05) is 81.4 Å². The molecule has 79 heavy (non-hydrogen) atoms. The van der Waals surface area contributed by atoms with E-state index in [-0.39, 0.29) is 17.2 Å². The number of fused-ring (bicyclic) bond motifs is 3. The van der Waals surface area contributed by atoms with Crippen molar-refractivity contribution in [3.63, 3.8) is 0 Å². The maximum atomic E-state index is 12.9. The first-order valence-electron chi connectivity index (χ1n) is 25.1. The molecule has 0 aliphatic heterocycles. The largest absolute Gasteiger partial charge is 0.478 e. The van der Waals surface area contributed by atoms with Crippen LogP contribution in [-0.2, 0) is 0 Å². The highest BCUT2D eigenvalue weighted by atomic mass is 16.4. The second kappa shape index (κ2) is 22.1.